The van der Waals surface area contributed by atoms with Gasteiger partial charge in [-0.1, -0.05) is 31.9 Å². The first kappa shape index (κ1) is 15.3. The van der Waals surface area contributed by atoms with E-state index in [1.165, 1.54) is 6.26 Å². The van der Waals surface area contributed by atoms with E-state index < -0.39 is 15.4 Å². The summed E-state index contributed by atoms with van der Waals surface area (Å²) in [5.41, 5.74) is 0.191. The van der Waals surface area contributed by atoms with E-state index in [9.17, 15) is 13.5 Å². The molecule has 0 bridgehead atoms. The van der Waals surface area contributed by atoms with E-state index in [0.29, 0.717) is 16.5 Å². The molecule has 112 valence electrons. The summed E-state index contributed by atoms with van der Waals surface area (Å²) in [7, 11) is -3.28. The molecule has 2 atom stereocenters. The van der Waals surface area contributed by atoms with Crippen LogP contribution in [0.4, 0.5) is 5.69 Å². The molecule has 0 radical (unpaired) electrons. The van der Waals surface area contributed by atoms with Gasteiger partial charge in [0.1, 0.15) is 0 Å². The van der Waals surface area contributed by atoms with Crippen molar-refractivity contribution < 1.29 is 13.5 Å². The van der Waals surface area contributed by atoms with Crippen molar-refractivity contribution >= 4 is 15.5 Å². The van der Waals surface area contributed by atoms with Crippen LogP contribution >= 0.6 is 0 Å². The van der Waals surface area contributed by atoms with Crippen LogP contribution in [-0.2, 0) is 9.84 Å². The summed E-state index contributed by atoms with van der Waals surface area (Å²) < 4.78 is 23.7. The number of aliphatic hydroxyl groups excluding tert-OH is 1. The molecule has 1 saturated carbocycles. The average Bonchev–Trinajstić information content (AvgIpc) is 2.38. The van der Waals surface area contributed by atoms with Crippen molar-refractivity contribution in [3.05, 3.63) is 24.3 Å². The molecule has 0 heterocycles. The number of benzene rings is 1. The molecule has 0 saturated heterocycles. The number of para-hydroxylation sites is 1. The lowest BCUT2D eigenvalue weighted by Gasteiger charge is -2.40. The van der Waals surface area contributed by atoms with E-state index in [4.69, 9.17) is 0 Å². The van der Waals surface area contributed by atoms with Crippen molar-refractivity contribution in [2.75, 3.05) is 18.2 Å². The van der Waals surface area contributed by atoms with Gasteiger partial charge in [0.25, 0.3) is 0 Å². The highest BCUT2D eigenvalue weighted by atomic mass is 32.2. The summed E-state index contributed by atoms with van der Waals surface area (Å²) in [6.45, 7) is 2.20. The Morgan fingerprint density at radius 1 is 1.40 bits per heavy atom. The SMILES string of the molecule is CC1CCCC(CO)(Nc2ccccc2S(C)(=O)=O)C1. The molecule has 0 aliphatic heterocycles. The predicted molar refractivity (Wildman–Crippen MR) is 80.6 cm³/mol. The minimum absolute atomic E-state index is 0.0233. The second kappa shape index (κ2) is 5.74. The maximum atomic E-state index is 11.8. The number of rotatable bonds is 4. The first-order valence-electron chi connectivity index (χ1n) is 7.04. The smallest absolute Gasteiger partial charge is 0.177 e. The van der Waals surface area contributed by atoms with E-state index >= 15 is 0 Å². The van der Waals surface area contributed by atoms with E-state index in [0.717, 1.165) is 25.7 Å². The standard InChI is InChI=1S/C15H23NO3S/c1-12-6-5-9-15(10-12,11-17)16-13-7-3-4-8-14(13)20(2,18)19/h3-4,7-8,12,16-17H,5-6,9-11H2,1-2H3. The van der Waals surface area contributed by atoms with Gasteiger partial charge in [0.05, 0.1) is 22.7 Å². The fraction of sp³-hybridized carbons (Fsp3) is 0.600. The monoisotopic (exact) mass is 297 g/mol. The molecule has 1 aliphatic rings. The van der Waals surface area contributed by atoms with Crippen molar-refractivity contribution in [1.82, 2.24) is 0 Å². The normalized spacial score (nSPS) is 27.2. The summed E-state index contributed by atoms with van der Waals surface area (Å²) in [6.07, 6.45) is 5.16. The Morgan fingerprint density at radius 3 is 2.70 bits per heavy atom. The van der Waals surface area contributed by atoms with Crippen molar-refractivity contribution in [2.24, 2.45) is 5.92 Å². The van der Waals surface area contributed by atoms with Crippen LogP contribution in [0.15, 0.2) is 29.2 Å². The fourth-order valence-corrected chi connectivity index (χ4v) is 3.98. The van der Waals surface area contributed by atoms with E-state index in [-0.39, 0.29) is 6.61 Å². The molecule has 1 aliphatic carbocycles. The van der Waals surface area contributed by atoms with Crippen molar-refractivity contribution in [3.63, 3.8) is 0 Å². The number of hydrogen-bond acceptors (Lipinski definition) is 4. The third-order valence-electron chi connectivity index (χ3n) is 4.08. The van der Waals surface area contributed by atoms with Crippen LogP contribution in [0.1, 0.15) is 32.6 Å². The van der Waals surface area contributed by atoms with Gasteiger partial charge in [-0.2, -0.15) is 0 Å². The van der Waals surface area contributed by atoms with Gasteiger partial charge in [-0.05, 0) is 30.9 Å². The minimum atomic E-state index is -3.28. The Morgan fingerprint density at radius 2 is 2.10 bits per heavy atom. The maximum Gasteiger partial charge on any atom is 0.177 e. The van der Waals surface area contributed by atoms with Crippen LogP contribution in [0.2, 0.25) is 0 Å². The summed E-state index contributed by atoms with van der Waals surface area (Å²) >= 11 is 0. The van der Waals surface area contributed by atoms with Gasteiger partial charge in [-0.25, -0.2) is 8.42 Å². The van der Waals surface area contributed by atoms with Gasteiger partial charge in [-0.3, -0.25) is 0 Å². The molecule has 1 aromatic carbocycles. The van der Waals surface area contributed by atoms with Crippen LogP contribution in [0, 0.1) is 5.92 Å². The largest absolute Gasteiger partial charge is 0.394 e. The van der Waals surface area contributed by atoms with Gasteiger partial charge in [0.2, 0.25) is 0 Å². The minimum Gasteiger partial charge on any atom is -0.394 e. The molecular formula is C15H23NO3S. The number of aliphatic hydroxyl groups is 1. The molecular weight excluding hydrogens is 274 g/mol. The Kier molecular flexibility index (Phi) is 4.39. The fourth-order valence-electron chi connectivity index (χ4n) is 3.14. The summed E-state index contributed by atoms with van der Waals surface area (Å²) in [5.74, 6) is 0.536. The van der Waals surface area contributed by atoms with Crippen molar-refractivity contribution in [1.29, 1.82) is 0 Å². The molecule has 2 N–H and O–H groups in total. The van der Waals surface area contributed by atoms with Gasteiger partial charge in [0.15, 0.2) is 9.84 Å². The van der Waals surface area contributed by atoms with Crippen molar-refractivity contribution in [3.8, 4) is 0 Å². The lowest BCUT2D eigenvalue weighted by atomic mass is 9.76. The first-order valence-corrected chi connectivity index (χ1v) is 8.94. The summed E-state index contributed by atoms with van der Waals surface area (Å²) in [5, 5.41) is 13.1. The lowest BCUT2D eigenvalue weighted by molar-refractivity contribution is 0.149. The van der Waals surface area contributed by atoms with Crippen LogP contribution in [0.3, 0.4) is 0 Å². The molecule has 1 fully saturated rings. The number of sulfone groups is 1. The quantitative estimate of drug-likeness (QED) is 0.896. The van der Waals surface area contributed by atoms with Gasteiger partial charge in [0, 0.05) is 6.26 Å². The maximum absolute atomic E-state index is 11.8. The summed E-state index contributed by atoms with van der Waals surface area (Å²) in [6, 6.07) is 6.91. The van der Waals surface area contributed by atoms with Crippen LogP contribution < -0.4 is 5.32 Å². The van der Waals surface area contributed by atoms with Gasteiger partial charge in [-0.15, -0.1) is 0 Å². The van der Waals surface area contributed by atoms with Crippen molar-refractivity contribution in [2.45, 2.75) is 43.0 Å². The number of nitrogens with one attached hydrogen (secondary N) is 1. The molecule has 1 aromatic rings. The zero-order valence-corrected chi connectivity index (χ0v) is 12.9. The molecule has 0 spiro atoms. The second-order valence-corrected chi connectivity index (χ2v) is 8.02. The summed E-state index contributed by atoms with van der Waals surface area (Å²) in [4.78, 5) is 0.297. The Labute approximate surface area is 121 Å². The zero-order chi connectivity index (χ0) is 14.8. The third kappa shape index (κ3) is 3.33. The third-order valence-corrected chi connectivity index (χ3v) is 5.24. The molecule has 5 heteroatoms. The van der Waals surface area contributed by atoms with Crippen LogP contribution in [0.5, 0.6) is 0 Å². The second-order valence-electron chi connectivity index (χ2n) is 6.03. The highest BCUT2D eigenvalue weighted by Crippen LogP contribution is 2.36. The molecule has 2 rings (SSSR count). The van der Waals surface area contributed by atoms with E-state index in [1.807, 2.05) is 6.07 Å². The number of hydrogen-bond donors (Lipinski definition) is 2. The molecule has 20 heavy (non-hydrogen) atoms. The van der Waals surface area contributed by atoms with Crippen LogP contribution in [-0.4, -0.2) is 31.9 Å². The Balaban J connectivity index is 2.33. The molecule has 2 unspecified atom stereocenters. The Bertz CT molecular complexity index is 570. The average molecular weight is 297 g/mol. The Hall–Kier alpha value is -1.07. The van der Waals surface area contributed by atoms with E-state index in [2.05, 4.69) is 12.2 Å². The zero-order valence-electron chi connectivity index (χ0n) is 12.1. The van der Waals surface area contributed by atoms with Gasteiger partial charge >= 0.3 is 0 Å². The number of anilines is 1. The molecule has 0 amide bonds. The topological polar surface area (TPSA) is 66.4 Å². The van der Waals surface area contributed by atoms with Crippen LogP contribution in [0.25, 0.3) is 0 Å². The predicted octanol–water partition coefficient (Wildman–Crippen LogP) is 2.44. The highest BCUT2D eigenvalue weighted by molar-refractivity contribution is 7.90. The van der Waals surface area contributed by atoms with Gasteiger partial charge < -0.3 is 10.4 Å². The molecule has 4 nitrogen and oxygen atoms in total. The molecule has 0 aromatic heterocycles. The van der Waals surface area contributed by atoms with E-state index in [1.54, 1.807) is 18.2 Å². The highest BCUT2D eigenvalue weighted by Gasteiger charge is 2.35. The first-order chi connectivity index (χ1) is 9.36. The lowest BCUT2D eigenvalue weighted by Crippen LogP contribution is -2.46.